The predicted octanol–water partition coefficient (Wildman–Crippen LogP) is 1.98. The average Bonchev–Trinajstić information content (AvgIpc) is 2.46. The van der Waals surface area contributed by atoms with Gasteiger partial charge in [0.15, 0.2) is 0 Å². The van der Waals surface area contributed by atoms with Crippen molar-refractivity contribution >= 4 is 23.2 Å². The maximum atomic E-state index is 12.4. The third-order valence-electron chi connectivity index (χ3n) is 2.81. The monoisotopic (exact) mass is 316 g/mol. The molecular formula is C13H17ClN2O5. The largest absolute Gasteiger partial charge is 0.383 e. The van der Waals surface area contributed by atoms with Crippen LogP contribution in [0.15, 0.2) is 18.2 Å². The topological polar surface area (TPSA) is 81.9 Å². The lowest BCUT2D eigenvalue weighted by Gasteiger charge is -2.22. The van der Waals surface area contributed by atoms with Gasteiger partial charge in [-0.1, -0.05) is 11.6 Å². The quantitative estimate of drug-likeness (QED) is 0.541. The van der Waals surface area contributed by atoms with E-state index in [0.717, 1.165) is 0 Å². The number of carbonyl (C=O) groups is 1. The van der Waals surface area contributed by atoms with Crippen molar-refractivity contribution in [1.82, 2.24) is 4.90 Å². The van der Waals surface area contributed by atoms with Crippen molar-refractivity contribution in [2.24, 2.45) is 0 Å². The predicted molar refractivity (Wildman–Crippen MR) is 77.8 cm³/mol. The van der Waals surface area contributed by atoms with E-state index < -0.39 is 4.92 Å². The third kappa shape index (κ3) is 4.96. The van der Waals surface area contributed by atoms with Crippen LogP contribution < -0.4 is 0 Å². The minimum Gasteiger partial charge on any atom is -0.383 e. The first-order valence-corrected chi connectivity index (χ1v) is 6.60. The van der Waals surface area contributed by atoms with Gasteiger partial charge >= 0.3 is 0 Å². The number of non-ortho nitro benzene ring substituents is 1. The van der Waals surface area contributed by atoms with Crippen LogP contribution in [0.1, 0.15) is 10.4 Å². The lowest BCUT2D eigenvalue weighted by atomic mass is 10.1. The van der Waals surface area contributed by atoms with Gasteiger partial charge in [0, 0.05) is 39.4 Å². The highest BCUT2D eigenvalue weighted by Crippen LogP contribution is 2.23. The van der Waals surface area contributed by atoms with E-state index in [1.807, 2.05) is 0 Å². The lowest BCUT2D eigenvalue weighted by molar-refractivity contribution is -0.384. The standard InChI is InChI=1S/C13H17ClN2O5/c1-20-7-5-15(6-8-21-2)13(17)11-4-3-10(16(18)19)9-12(11)14/h3-4,9H,5-8H2,1-2H3. The first-order chi connectivity index (χ1) is 10.0. The highest BCUT2D eigenvalue weighted by Gasteiger charge is 2.20. The van der Waals surface area contributed by atoms with Gasteiger partial charge in [0.2, 0.25) is 0 Å². The van der Waals surface area contributed by atoms with Crippen LogP contribution >= 0.6 is 11.6 Å². The van der Waals surface area contributed by atoms with Gasteiger partial charge in [0.1, 0.15) is 0 Å². The Kier molecular flexibility index (Phi) is 7.07. The van der Waals surface area contributed by atoms with Gasteiger partial charge in [0.05, 0.1) is 28.7 Å². The molecule has 116 valence electrons. The summed E-state index contributed by atoms with van der Waals surface area (Å²) in [6.07, 6.45) is 0. The molecule has 0 aliphatic rings. The Morgan fingerprint density at radius 2 is 1.86 bits per heavy atom. The lowest BCUT2D eigenvalue weighted by Crippen LogP contribution is -2.36. The van der Waals surface area contributed by atoms with Crippen molar-refractivity contribution in [2.45, 2.75) is 0 Å². The molecule has 1 amide bonds. The molecule has 0 aliphatic carbocycles. The fourth-order valence-corrected chi connectivity index (χ4v) is 1.93. The number of nitrogens with zero attached hydrogens (tertiary/aromatic N) is 2. The number of nitro benzene ring substituents is 1. The second-order valence-electron chi connectivity index (χ2n) is 4.20. The summed E-state index contributed by atoms with van der Waals surface area (Å²) in [7, 11) is 3.08. The number of benzene rings is 1. The molecule has 8 heteroatoms. The normalized spacial score (nSPS) is 10.4. The zero-order chi connectivity index (χ0) is 15.8. The summed E-state index contributed by atoms with van der Waals surface area (Å²) < 4.78 is 9.92. The molecule has 1 aromatic rings. The average molecular weight is 317 g/mol. The van der Waals surface area contributed by atoms with Gasteiger partial charge in [-0.15, -0.1) is 0 Å². The van der Waals surface area contributed by atoms with Crippen molar-refractivity contribution in [3.63, 3.8) is 0 Å². The van der Waals surface area contributed by atoms with Gasteiger partial charge < -0.3 is 14.4 Å². The molecule has 0 unspecified atom stereocenters. The summed E-state index contributed by atoms with van der Waals surface area (Å²) in [6.45, 7) is 1.51. The number of amides is 1. The van der Waals surface area contributed by atoms with Gasteiger partial charge in [0.25, 0.3) is 11.6 Å². The maximum Gasteiger partial charge on any atom is 0.270 e. The van der Waals surface area contributed by atoms with Crippen molar-refractivity contribution in [3.8, 4) is 0 Å². The molecule has 0 aromatic heterocycles. The van der Waals surface area contributed by atoms with E-state index in [-0.39, 0.29) is 22.2 Å². The van der Waals surface area contributed by atoms with E-state index in [9.17, 15) is 14.9 Å². The smallest absolute Gasteiger partial charge is 0.270 e. The Morgan fingerprint density at radius 3 is 2.29 bits per heavy atom. The molecule has 0 saturated carbocycles. The molecule has 0 N–H and O–H groups in total. The van der Waals surface area contributed by atoms with E-state index in [1.54, 1.807) is 0 Å². The van der Waals surface area contributed by atoms with Gasteiger partial charge in [-0.05, 0) is 6.07 Å². The molecule has 0 heterocycles. The minimum absolute atomic E-state index is 0.0500. The van der Waals surface area contributed by atoms with Crippen LogP contribution in [0.2, 0.25) is 5.02 Å². The number of methoxy groups -OCH3 is 2. The molecule has 0 aliphatic heterocycles. The number of nitro groups is 1. The minimum atomic E-state index is -0.562. The molecule has 0 spiro atoms. The number of carbonyl (C=O) groups excluding carboxylic acids is 1. The fraction of sp³-hybridized carbons (Fsp3) is 0.462. The number of ether oxygens (including phenoxy) is 2. The second kappa shape index (κ2) is 8.56. The van der Waals surface area contributed by atoms with Gasteiger partial charge in [-0.2, -0.15) is 0 Å². The molecule has 1 rings (SSSR count). The van der Waals surface area contributed by atoms with Crippen LogP contribution in [0.5, 0.6) is 0 Å². The second-order valence-corrected chi connectivity index (χ2v) is 4.61. The highest BCUT2D eigenvalue weighted by atomic mass is 35.5. The number of halogens is 1. The number of rotatable bonds is 8. The SMILES string of the molecule is COCCN(CCOC)C(=O)c1ccc([N+](=O)[O-])cc1Cl. The molecule has 0 saturated heterocycles. The zero-order valence-corrected chi connectivity index (χ0v) is 12.6. The Hall–Kier alpha value is -1.70. The van der Waals surface area contributed by atoms with Gasteiger partial charge in [-0.25, -0.2) is 0 Å². The summed E-state index contributed by atoms with van der Waals surface area (Å²) in [5.41, 5.74) is 0.0614. The molecule has 1 aromatic carbocycles. The molecule has 0 radical (unpaired) electrons. The summed E-state index contributed by atoms with van der Waals surface area (Å²) >= 11 is 5.97. The van der Waals surface area contributed by atoms with Crippen LogP contribution in [0, 0.1) is 10.1 Å². The van der Waals surface area contributed by atoms with Crippen molar-refractivity contribution in [3.05, 3.63) is 38.9 Å². The molecule has 0 atom stereocenters. The highest BCUT2D eigenvalue weighted by molar-refractivity contribution is 6.34. The van der Waals surface area contributed by atoms with Crippen LogP contribution in [0.3, 0.4) is 0 Å². The summed E-state index contributed by atoms with van der Waals surface area (Å²) in [6, 6.07) is 3.78. The maximum absolute atomic E-state index is 12.4. The Balaban J connectivity index is 2.94. The van der Waals surface area contributed by atoms with Crippen LogP contribution in [0.4, 0.5) is 5.69 Å². The van der Waals surface area contributed by atoms with Crippen molar-refractivity contribution in [1.29, 1.82) is 0 Å². The number of hydrogen-bond donors (Lipinski definition) is 0. The van der Waals surface area contributed by atoms with Crippen LogP contribution in [-0.4, -0.2) is 56.3 Å². The summed E-state index contributed by atoms with van der Waals surface area (Å²) in [5, 5.41) is 10.7. The Labute approximate surface area is 127 Å². The van der Waals surface area contributed by atoms with Crippen molar-refractivity contribution in [2.75, 3.05) is 40.5 Å². The third-order valence-corrected chi connectivity index (χ3v) is 3.12. The van der Waals surface area contributed by atoms with E-state index in [2.05, 4.69) is 0 Å². The van der Waals surface area contributed by atoms with Gasteiger partial charge in [-0.3, -0.25) is 14.9 Å². The molecule has 7 nitrogen and oxygen atoms in total. The molecular weight excluding hydrogens is 300 g/mol. The Morgan fingerprint density at radius 1 is 1.29 bits per heavy atom. The van der Waals surface area contributed by atoms with E-state index in [1.165, 1.54) is 37.3 Å². The van der Waals surface area contributed by atoms with E-state index in [0.29, 0.717) is 26.3 Å². The van der Waals surface area contributed by atoms with E-state index in [4.69, 9.17) is 21.1 Å². The number of hydrogen-bond acceptors (Lipinski definition) is 5. The summed E-state index contributed by atoms with van der Waals surface area (Å²) in [4.78, 5) is 24.1. The summed E-state index contributed by atoms with van der Waals surface area (Å²) in [5.74, 6) is -0.316. The molecule has 0 bridgehead atoms. The van der Waals surface area contributed by atoms with Crippen molar-refractivity contribution < 1.29 is 19.2 Å². The Bertz CT molecular complexity index is 501. The van der Waals surface area contributed by atoms with Crippen LogP contribution in [-0.2, 0) is 9.47 Å². The zero-order valence-electron chi connectivity index (χ0n) is 11.9. The van der Waals surface area contributed by atoms with Crippen LogP contribution in [0.25, 0.3) is 0 Å². The van der Waals surface area contributed by atoms with E-state index >= 15 is 0 Å². The molecule has 21 heavy (non-hydrogen) atoms. The first kappa shape index (κ1) is 17.4. The molecule has 0 fully saturated rings. The first-order valence-electron chi connectivity index (χ1n) is 6.22. The fourth-order valence-electron chi connectivity index (χ4n) is 1.68.